The van der Waals surface area contributed by atoms with E-state index < -0.39 is 0 Å². The molecule has 4 aliphatic carbocycles. The molecule has 0 bridgehead atoms. The van der Waals surface area contributed by atoms with Crippen molar-refractivity contribution in [3.8, 4) is 0 Å². The third-order valence-electron chi connectivity index (χ3n) is 10.7. The number of hydrogen-bond donors (Lipinski definition) is 3. The summed E-state index contributed by atoms with van der Waals surface area (Å²) >= 11 is 0. The van der Waals surface area contributed by atoms with Crippen LogP contribution >= 0.6 is 0 Å². The quantitative estimate of drug-likeness (QED) is 0.375. The van der Waals surface area contributed by atoms with Crippen molar-refractivity contribution < 1.29 is 14.8 Å². The Labute approximate surface area is 178 Å². The van der Waals surface area contributed by atoms with Gasteiger partial charge in [0.1, 0.15) is 0 Å². The van der Waals surface area contributed by atoms with Gasteiger partial charge in [-0.2, -0.15) is 5.84 Å². The van der Waals surface area contributed by atoms with E-state index in [1.54, 1.807) is 0 Å². The monoisotopic (exact) mass is 407 g/mol. The fourth-order valence-corrected chi connectivity index (χ4v) is 8.90. The van der Waals surface area contributed by atoms with Crippen molar-refractivity contribution in [2.75, 3.05) is 20.6 Å². The van der Waals surface area contributed by atoms with Crippen LogP contribution < -0.4 is 5.84 Å². The Morgan fingerprint density at radius 1 is 1.00 bits per heavy atom. The Balaban J connectivity index is 1.54. The molecule has 4 aliphatic rings. The molecular weight excluding hydrogens is 360 g/mol. The van der Waals surface area contributed by atoms with Crippen LogP contribution in [0.1, 0.15) is 78.6 Å². The summed E-state index contributed by atoms with van der Waals surface area (Å²) in [6.07, 6.45) is 10.2. The van der Waals surface area contributed by atoms with Crippen LogP contribution in [0.25, 0.3) is 0 Å². The fraction of sp³-hybridized carbons (Fsp3) is 1.00. The average Bonchev–Trinajstić information content (AvgIpc) is 3.00. The number of quaternary nitrogens is 1. The summed E-state index contributed by atoms with van der Waals surface area (Å²) in [5.74, 6) is 10.2. The maximum Gasteiger partial charge on any atom is 0.0958 e. The molecule has 4 nitrogen and oxygen atoms in total. The third kappa shape index (κ3) is 3.60. The summed E-state index contributed by atoms with van der Waals surface area (Å²) in [5.41, 5.74) is 0.402. The van der Waals surface area contributed by atoms with Gasteiger partial charge < -0.3 is 10.2 Å². The molecule has 168 valence electrons. The Morgan fingerprint density at radius 3 is 2.41 bits per heavy atom. The Morgan fingerprint density at radius 2 is 1.72 bits per heavy atom. The predicted octanol–water partition coefficient (Wildman–Crippen LogP) is 3.95. The largest absolute Gasteiger partial charge is 0.393 e. The molecule has 0 radical (unpaired) electrons. The molecule has 0 amide bonds. The Bertz CT molecular complexity index is 604. The third-order valence-corrected chi connectivity index (χ3v) is 10.7. The van der Waals surface area contributed by atoms with Crippen molar-refractivity contribution >= 4 is 0 Å². The van der Waals surface area contributed by atoms with Crippen LogP contribution in [0.3, 0.4) is 0 Å². The van der Waals surface area contributed by atoms with Gasteiger partial charge in [-0.25, -0.2) is 0 Å². The van der Waals surface area contributed by atoms with Gasteiger partial charge in [-0.3, -0.25) is 4.59 Å². The van der Waals surface area contributed by atoms with Gasteiger partial charge in [0.15, 0.2) is 0 Å². The van der Waals surface area contributed by atoms with Crippen molar-refractivity contribution in [1.29, 1.82) is 0 Å². The topological polar surface area (TPSA) is 66.5 Å². The minimum atomic E-state index is -0.175. The highest BCUT2D eigenvalue weighted by atomic mass is 16.3. The highest BCUT2D eigenvalue weighted by Gasteiger charge is 2.63. The van der Waals surface area contributed by atoms with Gasteiger partial charge in [0, 0.05) is 6.42 Å². The molecule has 0 aromatic heterocycles. The summed E-state index contributed by atoms with van der Waals surface area (Å²) in [7, 11) is 4.15. The zero-order valence-electron chi connectivity index (χ0n) is 19.6. The van der Waals surface area contributed by atoms with Gasteiger partial charge in [-0.05, 0) is 97.7 Å². The standard InChI is InChI=1S/C25H47N2O2/c1-16(11-13-27(4,5)26)20-8-9-21-19-7-6-17-14-18(28)10-12-24(17,2)22(19)15-23(29)25(20,21)3/h16-23,28-29H,6-15,26H2,1-5H3/q+1/t16-,17-,18-,19+,20-,21+,22+,23+,24+,25-/m1/s1. The summed E-state index contributed by atoms with van der Waals surface area (Å²) < 4.78 is 0.538. The van der Waals surface area contributed by atoms with E-state index in [9.17, 15) is 10.2 Å². The average molecular weight is 408 g/mol. The minimum Gasteiger partial charge on any atom is -0.393 e. The lowest BCUT2D eigenvalue weighted by atomic mass is 9.43. The highest BCUT2D eigenvalue weighted by Crippen LogP contribution is 2.68. The van der Waals surface area contributed by atoms with Crippen molar-refractivity contribution in [2.24, 2.45) is 52.2 Å². The van der Waals surface area contributed by atoms with E-state index in [1.807, 2.05) is 0 Å². The Kier molecular flexibility index (Phi) is 5.67. The molecule has 0 aromatic carbocycles. The van der Waals surface area contributed by atoms with Crippen LogP contribution in [0.15, 0.2) is 0 Å². The zero-order chi connectivity index (χ0) is 21.2. The molecule has 0 spiro atoms. The number of aliphatic hydroxyl groups excluding tert-OH is 2. The van der Waals surface area contributed by atoms with Gasteiger partial charge in [0.25, 0.3) is 0 Å². The SMILES string of the molecule is C[C@H](CC[N+](C)(C)N)[C@H]1CC[C@H]2[C@@H]3CC[C@@H]4C[C@H](O)CC[C@]4(C)[C@H]3C[C@H](O)[C@]12C. The van der Waals surface area contributed by atoms with Crippen molar-refractivity contribution in [2.45, 2.75) is 90.8 Å². The van der Waals surface area contributed by atoms with Gasteiger partial charge in [0.05, 0.1) is 32.8 Å². The lowest BCUT2D eigenvalue weighted by Gasteiger charge is -2.62. The summed E-state index contributed by atoms with van der Waals surface area (Å²) in [6.45, 7) is 8.36. The fourth-order valence-electron chi connectivity index (χ4n) is 8.90. The van der Waals surface area contributed by atoms with Crippen LogP contribution in [0.2, 0.25) is 0 Å². The van der Waals surface area contributed by atoms with Gasteiger partial charge in [-0.15, -0.1) is 0 Å². The van der Waals surface area contributed by atoms with E-state index in [0.29, 0.717) is 39.6 Å². The lowest BCUT2D eigenvalue weighted by molar-refractivity contribution is -0.902. The number of nitrogens with two attached hydrogens (primary N) is 1. The maximum absolute atomic E-state index is 11.6. The molecule has 0 saturated heterocycles. The first kappa shape index (κ1) is 22.0. The van der Waals surface area contributed by atoms with Crippen LogP contribution in [0, 0.1) is 46.3 Å². The van der Waals surface area contributed by atoms with Crippen molar-refractivity contribution in [3.05, 3.63) is 0 Å². The molecule has 4 saturated carbocycles. The molecule has 10 atom stereocenters. The molecule has 0 aliphatic heterocycles. The molecule has 0 unspecified atom stereocenters. The molecule has 4 fully saturated rings. The van der Waals surface area contributed by atoms with Crippen LogP contribution in [-0.4, -0.2) is 47.7 Å². The van der Waals surface area contributed by atoms with E-state index in [0.717, 1.165) is 44.6 Å². The first-order valence-corrected chi connectivity index (χ1v) is 12.4. The first-order chi connectivity index (χ1) is 13.5. The van der Waals surface area contributed by atoms with E-state index in [2.05, 4.69) is 34.9 Å². The van der Waals surface area contributed by atoms with Crippen molar-refractivity contribution in [1.82, 2.24) is 0 Å². The second-order valence-electron chi connectivity index (χ2n) is 12.7. The molecule has 4 rings (SSSR count). The van der Waals surface area contributed by atoms with Gasteiger partial charge >= 0.3 is 0 Å². The second kappa shape index (κ2) is 7.46. The zero-order valence-corrected chi connectivity index (χ0v) is 19.6. The van der Waals surface area contributed by atoms with E-state index in [1.165, 1.54) is 25.7 Å². The highest BCUT2D eigenvalue weighted by molar-refractivity contribution is 5.12. The van der Waals surface area contributed by atoms with Gasteiger partial charge in [-0.1, -0.05) is 20.8 Å². The maximum atomic E-state index is 11.6. The number of rotatable bonds is 4. The Hall–Kier alpha value is -0.160. The summed E-state index contributed by atoms with van der Waals surface area (Å²) in [6, 6.07) is 0. The predicted molar refractivity (Wildman–Crippen MR) is 118 cm³/mol. The molecule has 29 heavy (non-hydrogen) atoms. The van der Waals surface area contributed by atoms with Crippen LogP contribution in [-0.2, 0) is 0 Å². The number of aliphatic hydroxyl groups is 2. The van der Waals surface area contributed by atoms with Crippen molar-refractivity contribution in [3.63, 3.8) is 0 Å². The smallest absolute Gasteiger partial charge is 0.0958 e. The molecular formula is C25H47N2O2+. The number of fused-ring (bicyclic) bond motifs is 5. The molecule has 4 heteroatoms. The number of nitrogens with zero attached hydrogens (tertiary/aromatic N) is 1. The van der Waals surface area contributed by atoms with Crippen LogP contribution in [0.4, 0.5) is 0 Å². The van der Waals surface area contributed by atoms with E-state index in [-0.39, 0.29) is 17.6 Å². The second-order valence-corrected chi connectivity index (χ2v) is 12.7. The van der Waals surface area contributed by atoms with E-state index >= 15 is 0 Å². The molecule has 0 aromatic rings. The molecule has 0 heterocycles. The van der Waals surface area contributed by atoms with Gasteiger partial charge in [0.2, 0.25) is 0 Å². The molecule has 4 N–H and O–H groups in total. The first-order valence-electron chi connectivity index (χ1n) is 12.4. The summed E-state index contributed by atoms with van der Waals surface area (Å²) in [5, 5.41) is 21.8. The van der Waals surface area contributed by atoms with E-state index in [4.69, 9.17) is 5.84 Å². The lowest BCUT2D eigenvalue weighted by Crippen LogP contribution is -2.59. The minimum absolute atomic E-state index is 0.0731. The normalized spacial score (nSPS) is 51.1. The number of hydrogen-bond acceptors (Lipinski definition) is 3. The van der Waals surface area contributed by atoms with Crippen LogP contribution in [0.5, 0.6) is 0 Å². The summed E-state index contributed by atoms with van der Waals surface area (Å²) in [4.78, 5) is 0.